The maximum absolute atomic E-state index is 11.9. The van der Waals surface area contributed by atoms with Crippen molar-refractivity contribution in [2.45, 2.75) is 51.3 Å². The number of nitrogens with zero attached hydrogens (tertiary/aromatic N) is 1. The minimum absolute atomic E-state index is 0.118. The first kappa shape index (κ1) is 17.7. The first-order chi connectivity index (χ1) is 12.0. The number of aliphatic hydroxyl groups is 1. The molecule has 1 amide bonds. The number of nitrogens with one attached hydrogen (secondary N) is 1. The SMILES string of the molecule is CC(CC(O)c1ccco1)NC(C)c1cccc(N2CCCC2=O)c1. The molecule has 1 aromatic carbocycles. The van der Waals surface area contributed by atoms with Gasteiger partial charge in [0.05, 0.1) is 6.26 Å². The van der Waals surface area contributed by atoms with E-state index in [9.17, 15) is 9.90 Å². The van der Waals surface area contributed by atoms with Crippen LogP contribution in [0.25, 0.3) is 0 Å². The summed E-state index contributed by atoms with van der Waals surface area (Å²) in [4.78, 5) is 13.8. The van der Waals surface area contributed by atoms with E-state index in [1.54, 1.807) is 18.4 Å². The molecule has 134 valence electrons. The molecule has 0 saturated carbocycles. The molecule has 3 atom stereocenters. The monoisotopic (exact) mass is 342 g/mol. The van der Waals surface area contributed by atoms with E-state index in [4.69, 9.17) is 4.42 Å². The number of rotatable bonds is 7. The van der Waals surface area contributed by atoms with Crippen molar-refractivity contribution in [1.82, 2.24) is 5.32 Å². The van der Waals surface area contributed by atoms with E-state index in [1.807, 2.05) is 17.0 Å². The van der Waals surface area contributed by atoms with Crippen LogP contribution in [0, 0.1) is 0 Å². The summed E-state index contributed by atoms with van der Waals surface area (Å²) in [6.45, 7) is 4.95. The van der Waals surface area contributed by atoms with E-state index in [2.05, 4.69) is 31.3 Å². The Balaban J connectivity index is 1.60. The lowest BCUT2D eigenvalue weighted by Crippen LogP contribution is -2.30. The van der Waals surface area contributed by atoms with Gasteiger partial charge in [0.2, 0.25) is 5.91 Å². The fourth-order valence-electron chi connectivity index (χ4n) is 3.41. The van der Waals surface area contributed by atoms with Crippen molar-refractivity contribution in [2.24, 2.45) is 0 Å². The number of aliphatic hydroxyl groups excluding tert-OH is 1. The average Bonchev–Trinajstić information content (AvgIpc) is 3.26. The van der Waals surface area contributed by atoms with Crippen LogP contribution in [-0.4, -0.2) is 23.6 Å². The molecule has 1 saturated heterocycles. The van der Waals surface area contributed by atoms with Crippen molar-refractivity contribution in [2.75, 3.05) is 11.4 Å². The molecule has 1 aromatic heterocycles. The second-order valence-corrected chi connectivity index (χ2v) is 6.80. The van der Waals surface area contributed by atoms with E-state index >= 15 is 0 Å². The van der Waals surface area contributed by atoms with Crippen LogP contribution in [0.5, 0.6) is 0 Å². The molecule has 3 unspecified atom stereocenters. The number of anilines is 1. The molecule has 2 N–H and O–H groups in total. The number of carbonyl (C=O) groups excluding carboxylic acids is 1. The first-order valence-corrected chi connectivity index (χ1v) is 8.92. The molecule has 5 heteroatoms. The van der Waals surface area contributed by atoms with Crippen LogP contribution in [0.15, 0.2) is 47.1 Å². The fourth-order valence-corrected chi connectivity index (χ4v) is 3.41. The highest BCUT2D eigenvalue weighted by molar-refractivity contribution is 5.95. The number of amides is 1. The van der Waals surface area contributed by atoms with Crippen LogP contribution in [0.1, 0.15) is 56.6 Å². The molecule has 5 nitrogen and oxygen atoms in total. The smallest absolute Gasteiger partial charge is 0.227 e. The zero-order valence-electron chi connectivity index (χ0n) is 14.8. The van der Waals surface area contributed by atoms with E-state index in [0.717, 1.165) is 24.2 Å². The van der Waals surface area contributed by atoms with Crippen molar-refractivity contribution in [3.8, 4) is 0 Å². The summed E-state index contributed by atoms with van der Waals surface area (Å²) in [5, 5.41) is 13.7. The number of benzene rings is 1. The number of carbonyl (C=O) groups is 1. The summed E-state index contributed by atoms with van der Waals surface area (Å²) in [7, 11) is 0. The van der Waals surface area contributed by atoms with Gasteiger partial charge in [-0.2, -0.15) is 0 Å². The van der Waals surface area contributed by atoms with Gasteiger partial charge in [-0.1, -0.05) is 12.1 Å². The maximum Gasteiger partial charge on any atom is 0.227 e. The highest BCUT2D eigenvalue weighted by Crippen LogP contribution is 2.26. The molecule has 0 bridgehead atoms. The molecule has 1 aliphatic rings. The first-order valence-electron chi connectivity index (χ1n) is 8.92. The molecule has 2 heterocycles. The molecule has 0 aliphatic carbocycles. The predicted octanol–water partition coefficient (Wildman–Crippen LogP) is 3.57. The van der Waals surface area contributed by atoms with Gasteiger partial charge in [0.15, 0.2) is 0 Å². The van der Waals surface area contributed by atoms with Crippen LogP contribution in [0.4, 0.5) is 5.69 Å². The highest BCUT2D eigenvalue weighted by Gasteiger charge is 2.22. The lowest BCUT2D eigenvalue weighted by Gasteiger charge is -2.23. The Kier molecular flexibility index (Phi) is 5.56. The number of hydrogen-bond donors (Lipinski definition) is 2. The molecule has 0 spiro atoms. The largest absolute Gasteiger partial charge is 0.467 e. The number of furan rings is 1. The molecule has 3 rings (SSSR count). The van der Waals surface area contributed by atoms with Gasteiger partial charge in [-0.15, -0.1) is 0 Å². The minimum atomic E-state index is -0.613. The molecule has 1 aliphatic heterocycles. The summed E-state index contributed by atoms with van der Waals surface area (Å²) in [5.41, 5.74) is 2.11. The van der Waals surface area contributed by atoms with Gasteiger partial charge in [0.25, 0.3) is 0 Å². The van der Waals surface area contributed by atoms with Crippen LogP contribution in [0.2, 0.25) is 0 Å². The van der Waals surface area contributed by atoms with Crippen molar-refractivity contribution in [1.29, 1.82) is 0 Å². The Morgan fingerprint density at radius 2 is 2.12 bits per heavy atom. The van der Waals surface area contributed by atoms with Gasteiger partial charge >= 0.3 is 0 Å². The van der Waals surface area contributed by atoms with Crippen molar-refractivity contribution >= 4 is 11.6 Å². The maximum atomic E-state index is 11.9. The third-order valence-corrected chi connectivity index (χ3v) is 4.74. The van der Waals surface area contributed by atoms with Crippen LogP contribution in [0.3, 0.4) is 0 Å². The molecule has 0 radical (unpaired) electrons. The zero-order chi connectivity index (χ0) is 17.8. The van der Waals surface area contributed by atoms with Gasteiger partial charge in [0.1, 0.15) is 11.9 Å². The van der Waals surface area contributed by atoms with Crippen LogP contribution >= 0.6 is 0 Å². The predicted molar refractivity (Wildman–Crippen MR) is 97.3 cm³/mol. The minimum Gasteiger partial charge on any atom is -0.467 e. The lowest BCUT2D eigenvalue weighted by atomic mass is 10.0. The summed E-state index contributed by atoms with van der Waals surface area (Å²) < 4.78 is 5.25. The van der Waals surface area contributed by atoms with Crippen LogP contribution in [-0.2, 0) is 4.79 Å². The van der Waals surface area contributed by atoms with E-state index in [0.29, 0.717) is 18.6 Å². The summed E-state index contributed by atoms with van der Waals surface area (Å²) >= 11 is 0. The third kappa shape index (κ3) is 4.30. The third-order valence-electron chi connectivity index (χ3n) is 4.74. The van der Waals surface area contributed by atoms with Crippen molar-refractivity contribution < 1.29 is 14.3 Å². The molecule has 25 heavy (non-hydrogen) atoms. The Morgan fingerprint density at radius 1 is 1.28 bits per heavy atom. The van der Waals surface area contributed by atoms with E-state index in [-0.39, 0.29) is 18.0 Å². The van der Waals surface area contributed by atoms with Gasteiger partial charge < -0.3 is 19.7 Å². The fraction of sp³-hybridized carbons (Fsp3) is 0.450. The summed E-state index contributed by atoms with van der Waals surface area (Å²) in [6, 6.07) is 11.9. The Bertz CT molecular complexity index is 699. The summed E-state index contributed by atoms with van der Waals surface area (Å²) in [5.74, 6) is 0.795. The second kappa shape index (κ2) is 7.85. The van der Waals surface area contributed by atoms with Gasteiger partial charge in [-0.3, -0.25) is 4.79 Å². The molecule has 1 fully saturated rings. The molecular weight excluding hydrogens is 316 g/mol. The van der Waals surface area contributed by atoms with Gasteiger partial charge in [-0.05, 0) is 56.5 Å². The quantitative estimate of drug-likeness (QED) is 0.807. The zero-order valence-corrected chi connectivity index (χ0v) is 14.8. The van der Waals surface area contributed by atoms with E-state index < -0.39 is 6.10 Å². The second-order valence-electron chi connectivity index (χ2n) is 6.80. The Labute approximate surface area is 148 Å². The molecule has 2 aromatic rings. The Hall–Kier alpha value is -2.11. The normalized spacial score (nSPS) is 18.4. The van der Waals surface area contributed by atoms with Gasteiger partial charge in [-0.25, -0.2) is 0 Å². The topological polar surface area (TPSA) is 65.7 Å². The lowest BCUT2D eigenvalue weighted by molar-refractivity contribution is -0.117. The highest BCUT2D eigenvalue weighted by atomic mass is 16.4. The molecular formula is C20H26N2O3. The van der Waals surface area contributed by atoms with Crippen molar-refractivity contribution in [3.63, 3.8) is 0 Å². The van der Waals surface area contributed by atoms with Crippen molar-refractivity contribution in [3.05, 3.63) is 54.0 Å². The Morgan fingerprint density at radius 3 is 2.80 bits per heavy atom. The number of hydrogen-bond acceptors (Lipinski definition) is 4. The standard InChI is InChI=1S/C20H26N2O3/c1-14(12-18(23)19-8-5-11-25-19)21-15(2)16-6-3-7-17(13-16)22-10-4-9-20(22)24/h3,5-8,11,13-15,18,21,23H,4,9-10,12H2,1-2H3. The van der Waals surface area contributed by atoms with Gasteiger partial charge in [0, 0.05) is 30.7 Å². The average molecular weight is 342 g/mol. The summed E-state index contributed by atoms with van der Waals surface area (Å²) in [6.07, 6.45) is 3.10. The van der Waals surface area contributed by atoms with Crippen LogP contribution < -0.4 is 10.2 Å². The van der Waals surface area contributed by atoms with E-state index in [1.165, 1.54) is 0 Å².